The monoisotopic (exact) mass is 372 g/mol. The number of carbonyl (C=O) groups is 2. The fourth-order valence-electron chi connectivity index (χ4n) is 2.23. The molecule has 0 atom stereocenters. The fourth-order valence-corrected chi connectivity index (χ4v) is 2.23. The quantitative estimate of drug-likeness (QED) is 0.730. The van der Waals surface area contributed by atoms with Gasteiger partial charge in [-0.2, -0.15) is 0 Å². The van der Waals surface area contributed by atoms with Crippen LogP contribution >= 0.6 is 0 Å². The maximum atomic E-state index is 12.3. The summed E-state index contributed by atoms with van der Waals surface area (Å²) in [6, 6.07) is 11.5. The van der Waals surface area contributed by atoms with Crippen LogP contribution < -0.4 is 25.1 Å². The van der Waals surface area contributed by atoms with Gasteiger partial charge in [-0.15, -0.1) is 0 Å². The van der Waals surface area contributed by atoms with Crippen molar-refractivity contribution in [3.05, 3.63) is 53.6 Å². The molecule has 2 aromatic carbocycles. The lowest BCUT2D eigenvalue weighted by Crippen LogP contribution is -2.41. The van der Waals surface area contributed by atoms with Gasteiger partial charge in [0.15, 0.2) is 11.5 Å². The van der Waals surface area contributed by atoms with E-state index in [0.717, 1.165) is 0 Å². The van der Waals surface area contributed by atoms with Crippen LogP contribution in [-0.2, 0) is 0 Å². The van der Waals surface area contributed by atoms with Gasteiger partial charge in [0.2, 0.25) is 0 Å². The van der Waals surface area contributed by atoms with Crippen LogP contribution in [0.15, 0.2) is 42.5 Å². The average Bonchev–Trinajstić information content (AvgIpc) is 2.69. The summed E-state index contributed by atoms with van der Waals surface area (Å²) in [5, 5.41) is 0. The molecule has 0 bridgehead atoms. The van der Waals surface area contributed by atoms with E-state index < -0.39 is 11.8 Å². The van der Waals surface area contributed by atoms with Gasteiger partial charge in [-0.1, -0.05) is 19.9 Å². The van der Waals surface area contributed by atoms with Crippen LogP contribution in [0.3, 0.4) is 0 Å². The molecule has 2 aromatic rings. The standard InChI is InChI=1S/C20H24N2O5/c1-13(2)12-27-16-7-5-6-14(10-16)19(23)21-22-20(24)15-8-9-17(25-3)18(11-15)26-4/h5-11,13H,12H2,1-4H3,(H,21,23)(H,22,24). The van der Waals surface area contributed by atoms with Crippen molar-refractivity contribution in [1.82, 2.24) is 10.9 Å². The van der Waals surface area contributed by atoms with Crippen LogP contribution in [0.1, 0.15) is 34.6 Å². The topological polar surface area (TPSA) is 85.9 Å². The van der Waals surface area contributed by atoms with E-state index in [1.54, 1.807) is 36.4 Å². The molecule has 0 aliphatic carbocycles. The Morgan fingerprint density at radius 3 is 2.11 bits per heavy atom. The summed E-state index contributed by atoms with van der Waals surface area (Å²) in [4.78, 5) is 24.5. The first-order valence-corrected chi connectivity index (χ1v) is 8.50. The van der Waals surface area contributed by atoms with Gasteiger partial charge in [0.05, 0.1) is 20.8 Å². The number of ether oxygens (including phenoxy) is 3. The van der Waals surface area contributed by atoms with E-state index in [4.69, 9.17) is 14.2 Å². The number of methoxy groups -OCH3 is 2. The second-order valence-corrected chi connectivity index (χ2v) is 6.21. The first kappa shape index (κ1) is 20.1. The minimum absolute atomic E-state index is 0.321. The number of hydrogen-bond acceptors (Lipinski definition) is 5. The number of amides is 2. The molecule has 2 rings (SSSR count). The van der Waals surface area contributed by atoms with Gasteiger partial charge in [-0.3, -0.25) is 20.4 Å². The first-order chi connectivity index (χ1) is 12.9. The number of rotatable bonds is 7. The van der Waals surface area contributed by atoms with E-state index >= 15 is 0 Å². The molecule has 0 radical (unpaired) electrons. The zero-order valence-corrected chi connectivity index (χ0v) is 15.9. The summed E-state index contributed by atoms with van der Waals surface area (Å²) >= 11 is 0. The summed E-state index contributed by atoms with van der Waals surface area (Å²) < 4.78 is 15.9. The predicted octanol–water partition coefficient (Wildman–Crippen LogP) is 2.81. The molecule has 0 spiro atoms. The van der Waals surface area contributed by atoms with Gasteiger partial charge in [0.25, 0.3) is 11.8 Å². The SMILES string of the molecule is COc1ccc(C(=O)NNC(=O)c2cccc(OCC(C)C)c2)cc1OC. The fraction of sp³-hybridized carbons (Fsp3) is 0.300. The Morgan fingerprint density at radius 1 is 0.889 bits per heavy atom. The smallest absolute Gasteiger partial charge is 0.269 e. The van der Waals surface area contributed by atoms with Crippen molar-refractivity contribution < 1.29 is 23.8 Å². The number of carbonyl (C=O) groups excluding carboxylic acids is 2. The van der Waals surface area contributed by atoms with E-state index in [2.05, 4.69) is 10.9 Å². The maximum Gasteiger partial charge on any atom is 0.269 e. The number of hydrazine groups is 1. The van der Waals surface area contributed by atoms with Gasteiger partial charge < -0.3 is 14.2 Å². The van der Waals surface area contributed by atoms with Crippen molar-refractivity contribution in [2.24, 2.45) is 5.92 Å². The molecule has 0 aliphatic heterocycles. The zero-order valence-electron chi connectivity index (χ0n) is 15.9. The minimum Gasteiger partial charge on any atom is -0.493 e. The highest BCUT2D eigenvalue weighted by Gasteiger charge is 2.13. The summed E-state index contributed by atoms with van der Waals surface area (Å²) in [7, 11) is 2.99. The van der Waals surface area contributed by atoms with Gasteiger partial charge in [0.1, 0.15) is 5.75 Å². The number of nitrogens with one attached hydrogen (secondary N) is 2. The number of benzene rings is 2. The van der Waals surface area contributed by atoms with Crippen LogP contribution in [0.25, 0.3) is 0 Å². The Kier molecular flexibility index (Phi) is 7.05. The molecule has 2 N–H and O–H groups in total. The predicted molar refractivity (Wildman–Crippen MR) is 101 cm³/mol. The molecule has 144 valence electrons. The Balaban J connectivity index is 1.99. The molecule has 0 saturated carbocycles. The third-order valence-electron chi connectivity index (χ3n) is 3.61. The van der Waals surface area contributed by atoms with Gasteiger partial charge in [-0.05, 0) is 42.3 Å². The molecular weight excluding hydrogens is 348 g/mol. The Hall–Kier alpha value is -3.22. The molecule has 0 saturated heterocycles. The van der Waals surface area contributed by atoms with Crippen molar-refractivity contribution in [1.29, 1.82) is 0 Å². The minimum atomic E-state index is -0.475. The highest BCUT2D eigenvalue weighted by atomic mass is 16.5. The van der Waals surface area contributed by atoms with Crippen LogP contribution in [0.2, 0.25) is 0 Å². The van der Waals surface area contributed by atoms with Crippen molar-refractivity contribution >= 4 is 11.8 Å². The van der Waals surface area contributed by atoms with Crippen molar-refractivity contribution in [3.8, 4) is 17.2 Å². The third kappa shape index (κ3) is 5.64. The van der Waals surface area contributed by atoms with E-state index in [1.165, 1.54) is 20.3 Å². The lowest BCUT2D eigenvalue weighted by molar-refractivity contribution is 0.0846. The zero-order chi connectivity index (χ0) is 19.8. The molecule has 0 heterocycles. The molecular formula is C20H24N2O5. The van der Waals surface area contributed by atoms with Crippen molar-refractivity contribution in [2.75, 3.05) is 20.8 Å². The molecule has 2 amide bonds. The normalized spacial score (nSPS) is 10.3. The van der Waals surface area contributed by atoms with E-state index in [0.29, 0.717) is 40.9 Å². The summed E-state index contributed by atoms with van der Waals surface area (Å²) in [5.74, 6) is 0.990. The largest absolute Gasteiger partial charge is 0.493 e. The number of hydrogen-bond donors (Lipinski definition) is 2. The lowest BCUT2D eigenvalue weighted by Gasteiger charge is -2.12. The lowest BCUT2D eigenvalue weighted by atomic mass is 10.2. The molecule has 7 heteroatoms. The molecule has 0 fully saturated rings. The van der Waals surface area contributed by atoms with E-state index in [-0.39, 0.29) is 0 Å². The summed E-state index contributed by atoms with van der Waals surface area (Å²) in [6.45, 7) is 4.64. The highest BCUT2D eigenvalue weighted by molar-refractivity contribution is 5.99. The van der Waals surface area contributed by atoms with Gasteiger partial charge >= 0.3 is 0 Å². The van der Waals surface area contributed by atoms with Crippen molar-refractivity contribution in [2.45, 2.75) is 13.8 Å². The van der Waals surface area contributed by atoms with Crippen LogP contribution in [0, 0.1) is 5.92 Å². The highest BCUT2D eigenvalue weighted by Crippen LogP contribution is 2.27. The van der Waals surface area contributed by atoms with Gasteiger partial charge in [-0.25, -0.2) is 0 Å². The molecule has 0 aromatic heterocycles. The first-order valence-electron chi connectivity index (χ1n) is 8.50. The second kappa shape index (κ2) is 9.47. The maximum absolute atomic E-state index is 12.3. The second-order valence-electron chi connectivity index (χ2n) is 6.21. The van der Waals surface area contributed by atoms with Crippen LogP contribution in [-0.4, -0.2) is 32.6 Å². The molecule has 0 unspecified atom stereocenters. The summed E-state index contributed by atoms with van der Waals surface area (Å²) in [6.07, 6.45) is 0. The Labute approximate surface area is 158 Å². The van der Waals surface area contributed by atoms with Gasteiger partial charge in [0, 0.05) is 11.1 Å². The van der Waals surface area contributed by atoms with Crippen LogP contribution in [0.5, 0.6) is 17.2 Å². The van der Waals surface area contributed by atoms with E-state index in [9.17, 15) is 9.59 Å². The third-order valence-corrected chi connectivity index (χ3v) is 3.61. The van der Waals surface area contributed by atoms with E-state index in [1.807, 2.05) is 13.8 Å². The summed E-state index contributed by atoms with van der Waals surface area (Å²) in [5.41, 5.74) is 5.47. The van der Waals surface area contributed by atoms with Crippen molar-refractivity contribution in [3.63, 3.8) is 0 Å². The Morgan fingerprint density at radius 2 is 1.52 bits per heavy atom. The molecule has 7 nitrogen and oxygen atoms in total. The molecule has 27 heavy (non-hydrogen) atoms. The Bertz CT molecular complexity index is 805. The average molecular weight is 372 g/mol. The van der Waals surface area contributed by atoms with Crippen LogP contribution in [0.4, 0.5) is 0 Å². The molecule has 0 aliphatic rings.